The smallest absolute Gasteiger partial charge is 0.0551 e. The predicted octanol–water partition coefficient (Wildman–Crippen LogP) is 1.80. The van der Waals surface area contributed by atoms with Crippen LogP contribution in [0.2, 0.25) is 0 Å². The Morgan fingerprint density at radius 2 is 2.33 bits per heavy atom. The number of hydrogen-bond acceptors (Lipinski definition) is 2. The fraction of sp³-hybridized carbons (Fsp3) is 1.00. The zero-order valence-electron chi connectivity index (χ0n) is 8.47. The average Bonchev–Trinajstić information content (AvgIpc) is 2.47. The summed E-state index contributed by atoms with van der Waals surface area (Å²) >= 11 is 0. The van der Waals surface area contributed by atoms with Crippen LogP contribution in [0.4, 0.5) is 0 Å². The van der Waals surface area contributed by atoms with E-state index in [1.54, 1.807) is 0 Å². The Morgan fingerprint density at radius 3 is 2.83 bits per heavy atom. The van der Waals surface area contributed by atoms with Crippen LogP contribution in [0.15, 0.2) is 0 Å². The molecule has 0 spiro atoms. The van der Waals surface area contributed by atoms with Gasteiger partial charge >= 0.3 is 0 Å². The van der Waals surface area contributed by atoms with Gasteiger partial charge in [0.2, 0.25) is 0 Å². The van der Waals surface area contributed by atoms with Crippen LogP contribution in [0.3, 0.4) is 0 Å². The molecule has 2 nitrogen and oxygen atoms in total. The van der Waals surface area contributed by atoms with Crippen LogP contribution in [-0.2, 0) is 4.74 Å². The van der Waals surface area contributed by atoms with Gasteiger partial charge in [0, 0.05) is 12.6 Å². The molecule has 0 bridgehead atoms. The molecule has 2 heteroatoms. The SMILES string of the molecule is CCC(C)NCC1COC(C)C1. The van der Waals surface area contributed by atoms with Crippen molar-refractivity contribution in [3.05, 3.63) is 0 Å². The van der Waals surface area contributed by atoms with Crippen molar-refractivity contribution in [1.82, 2.24) is 5.32 Å². The molecule has 0 saturated carbocycles. The van der Waals surface area contributed by atoms with Gasteiger partial charge in [0.25, 0.3) is 0 Å². The van der Waals surface area contributed by atoms with E-state index in [4.69, 9.17) is 4.74 Å². The maximum absolute atomic E-state index is 5.49. The summed E-state index contributed by atoms with van der Waals surface area (Å²) in [4.78, 5) is 0. The van der Waals surface area contributed by atoms with E-state index in [0.29, 0.717) is 12.1 Å². The molecule has 1 saturated heterocycles. The maximum Gasteiger partial charge on any atom is 0.0551 e. The molecule has 0 amide bonds. The van der Waals surface area contributed by atoms with Gasteiger partial charge in [-0.1, -0.05) is 6.92 Å². The molecule has 1 fully saturated rings. The topological polar surface area (TPSA) is 21.3 Å². The van der Waals surface area contributed by atoms with E-state index in [1.807, 2.05) is 0 Å². The van der Waals surface area contributed by atoms with Gasteiger partial charge in [-0.15, -0.1) is 0 Å². The van der Waals surface area contributed by atoms with Crippen molar-refractivity contribution in [3.8, 4) is 0 Å². The van der Waals surface area contributed by atoms with Gasteiger partial charge in [0.05, 0.1) is 12.7 Å². The van der Waals surface area contributed by atoms with Crippen LogP contribution in [0.5, 0.6) is 0 Å². The molecule has 0 aromatic heterocycles. The van der Waals surface area contributed by atoms with Crippen LogP contribution < -0.4 is 5.32 Å². The van der Waals surface area contributed by atoms with Crippen LogP contribution in [-0.4, -0.2) is 25.3 Å². The second-order valence-electron chi connectivity index (χ2n) is 3.96. The van der Waals surface area contributed by atoms with Crippen molar-refractivity contribution in [1.29, 1.82) is 0 Å². The lowest BCUT2D eigenvalue weighted by Crippen LogP contribution is -2.30. The van der Waals surface area contributed by atoms with Crippen molar-refractivity contribution in [2.75, 3.05) is 13.2 Å². The highest BCUT2D eigenvalue weighted by molar-refractivity contribution is 4.73. The van der Waals surface area contributed by atoms with E-state index in [0.717, 1.165) is 19.1 Å². The van der Waals surface area contributed by atoms with E-state index in [9.17, 15) is 0 Å². The maximum atomic E-state index is 5.49. The minimum absolute atomic E-state index is 0.480. The van der Waals surface area contributed by atoms with Gasteiger partial charge in [0.15, 0.2) is 0 Å². The summed E-state index contributed by atoms with van der Waals surface area (Å²) in [6.45, 7) is 8.68. The summed E-state index contributed by atoms with van der Waals surface area (Å²) in [5.41, 5.74) is 0. The molecule has 1 aliphatic rings. The van der Waals surface area contributed by atoms with Gasteiger partial charge in [-0.3, -0.25) is 0 Å². The third-order valence-corrected chi connectivity index (χ3v) is 2.65. The van der Waals surface area contributed by atoms with E-state index >= 15 is 0 Å². The van der Waals surface area contributed by atoms with Crippen LogP contribution >= 0.6 is 0 Å². The summed E-state index contributed by atoms with van der Waals surface area (Å²) in [5.74, 6) is 0.744. The molecule has 0 aromatic carbocycles. The lowest BCUT2D eigenvalue weighted by molar-refractivity contribution is 0.120. The Balaban J connectivity index is 2.07. The third kappa shape index (κ3) is 3.11. The molecule has 1 N–H and O–H groups in total. The number of ether oxygens (including phenoxy) is 1. The van der Waals surface area contributed by atoms with Crippen LogP contribution in [0.1, 0.15) is 33.6 Å². The van der Waals surface area contributed by atoms with Gasteiger partial charge in [-0.05, 0) is 32.6 Å². The molecule has 72 valence electrons. The minimum Gasteiger partial charge on any atom is -0.378 e. The summed E-state index contributed by atoms with van der Waals surface area (Å²) in [5, 5.41) is 3.51. The Hall–Kier alpha value is -0.0800. The predicted molar refractivity (Wildman–Crippen MR) is 51.3 cm³/mol. The Bertz CT molecular complexity index is 127. The number of rotatable bonds is 4. The first-order chi connectivity index (χ1) is 5.72. The van der Waals surface area contributed by atoms with Crippen molar-refractivity contribution in [2.45, 2.75) is 45.8 Å². The quantitative estimate of drug-likeness (QED) is 0.696. The monoisotopic (exact) mass is 171 g/mol. The zero-order chi connectivity index (χ0) is 8.97. The highest BCUT2D eigenvalue weighted by Crippen LogP contribution is 2.18. The van der Waals surface area contributed by atoms with E-state index in [1.165, 1.54) is 12.8 Å². The summed E-state index contributed by atoms with van der Waals surface area (Å²) in [6, 6.07) is 0.654. The van der Waals surface area contributed by atoms with Gasteiger partial charge in [0.1, 0.15) is 0 Å². The molecule has 0 radical (unpaired) electrons. The van der Waals surface area contributed by atoms with E-state index in [-0.39, 0.29) is 0 Å². The Kier molecular flexibility index (Phi) is 4.02. The molecule has 0 aliphatic carbocycles. The first-order valence-corrected chi connectivity index (χ1v) is 5.07. The minimum atomic E-state index is 0.480. The molecular formula is C10H21NO. The normalized spacial score (nSPS) is 32.2. The molecule has 1 heterocycles. The third-order valence-electron chi connectivity index (χ3n) is 2.65. The first kappa shape index (κ1) is 10.0. The van der Waals surface area contributed by atoms with E-state index in [2.05, 4.69) is 26.1 Å². The van der Waals surface area contributed by atoms with Gasteiger partial charge in [-0.25, -0.2) is 0 Å². The van der Waals surface area contributed by atoms with Crippen molar-refractivity contribution < 1.29 is 4.74 Å². The summed E-state index contributed by atoms with van der Waals surface area (Å²) < 4.78 is 5.49. The van der Waals surface area contributed by atoms with Crippen molar-refractivity contribution in [2.24, 2.45) is 5.92 Å². The largest absolute Gasteiger partial charge is 0.378 e. The Morgan fingerprint density at radius 1 is 1.58 bits per heavy atom. The van der Waals surface area contributed by atoms with Crippen LogP contribution in [0, 0.1) is 5.92 Å². The highest BCUT2D eigenvalue weighted by Gasteiger charge is 2.21. The average molecular weight is 171 g/mol. The lowest BCUT2D eigenvalue weighted by atomic mass is 10.1. The molecule has 0 aromatic rings. The second kappa shape index (κ2) is 4.83. The molecule has 3 unspecified atom stereocenters. The standard InChI is InChI=1S/C10H21NO/c1-4-8(2)11-6-10-5-9(3)12-7-10/h8-11H,4-7H2,1-3H3. The van der Waals surface area contributed by atoms with E-state index < -0.39 is 0 Å². The van der Waals surface area contributed by atoms with Crippen molar-refractivity contribution in [3.63, 3.8) is 0 Å². The fourth-order valence-corrected chi connectivity index (χ4v) is 1.56. The van der Waals surface area contributed by atoms with Crippen molar-refractivity contribution >= 4 is 0 Å². The number of nitrogens with one attached hydrogen (secondary N) is 1. The first-order valence-electron chi connectivity index (χ1n) is 5.07. The Labute approximate surface area is 75.7 Å². The fourth-order valence-electron chi connectivity index (χ4n) is 1.56. The zero-order valence-corrected chi connectivity index (χ0v) is 8.47. The molecule has 12 heavy (non-hydrogen) atoms. The van der Waals surface area contributed by atoms with Gasteiger partial charge in [-0.2, -0.15) is 0 Å². The molecule has 1 rings (SSSR count). The molecule has 3 atom stereocenters. The second-order valence-corrected chi connectivity index (χ2v) is 3.96. The van der Waals surface area contributed by atoms with Gasteiger partial charge < -0.3 is 10.1 Å². The summed E-state index contributed by atoms with van der Waals surface area (Å²) in [6.07, 6.45) is 2.92. The lowest BCUT2D eigenvalue weighted by Gasteiger charge is -2.14. The summed E-state index contributed by atoms with van der Waals surface area (Å²) in [7, 11) is 0. The highest BCUT2D eigenvalue weighted by atomic mass is 16.5. The van der Waals surface area contributed by atoms with Crippen LogP contribution in [0.25, 0.3) is 0 Å². The number of hydrogen-bond donors (Lipinski definition) is 1. The molecule has 1 aliphatic heterocycles. The molecular weight excluding hydrogens is 150 g/mol.